The molecule has 1 aromatic heterocycles. The smallest absolute Gasteiger partial charge is 0.254 e. The van der Waals surface area contributed by atoms with E-state index in [0.29, 0.717) is 17.0 Å². The molecule has 1 aromatic carbocycles. The van der Waals surface area contributed by atoms with E-state index in [1.807, 2.05) is 30.1 Å². The van der Waals surface area contributed by atoms with Crippen LogP contribution in [0.25, 0.3) is 10.9 Å². The number of nitrogens with one attached hydrogen (secondary N) is 2. The normalized spacial score (nSPS) is 17.3. The number of amides is 1. The quantitative estimate of drug-likeness (QED) is 0.831. The van der Waals surface area contributed by atoms with Crippen LogP contribution in [0.15, 0.2) is 33.5 Å². The fourth-order valence-electron chi connectivity index (χ4n) is 3.05. The Hall–Kier alpha value is -1.37. The lowest BCUT2D eigenvalue weighted by Crippen LogP contribution is -2.31. The lowest BCUT2D eigenvalue weighted by Gasteiger charge is -2.17. The van der Waals surface area contributed by atoms with Gasteiger partial charge in [-0.3, -0.25) is 9.59 Å². The van der Waals surface area contributed by atoms with Crippen molar-refractivity contribution < 1.29 is 4.79 Å². The highest BCUT2D eigenvalue weighted by atomic mass is 79.9. The standard InChI is InChI=1S/C16H18BrN3O2.ClH/c1-18-8-10-4-5-20(9-10)16(22)13-7-15(21)19-14-3-2-11(17)6-12(13)14;/h2-3,6-7,10,18H,4-5,8-9H2,1H3,(H,19,21);1H. The molecular weight excluding hydrogens is 382 g/mol. The molecule has 2 heterocycles. The van der Waals surface area contributed by atoms with Gasteiger partial charge in [-0.1, -0.05) is 15.9 Å². The summed E-state index contributed by atoms with van der Waals surface area (Å²) in [5.74, 6) is 0.418. The number of hydrogen-bond acceptors (Lipinski definition) is 3. The molecule has 2 aromatic rings. The zero-order chi connectivity index (χ0) is 15.7. The summed E-state index contributed by atoms with van der Waals surface area (Å²) in [4.78, 5) is 29.3. The van der Waals surface area contributed by atoms with Crippen molar-refractivity contribution in [3.63, 3.8) is 0 Å². The molecular formula is C16H19BrClN3O2. The topological polar surface area (TPSA) is 65.2 Å². The van der Waals surface area contributed by atoms with Crippen molar-refractivity contribution in [2.45, 2.75) is 6.42 Å². The molecule has 0 spiro atoms. The lowest BCUT2D eigenvalue weighted by atomic mass is 10.1. The number of hydrogen-bond donors (Lipinski definition) is 2. The summed E-state index contributed by atoms with van der Waals surface area (Å²) < 4.78 is 0.885. The largest absolute Gasteiger partial charge is 0.338 e. The van der Waals surface area contributed by atoms with E-state index in [1.165, 1.54) is 6.07 Å². The molecule has 5 nitrogen and oxygen atoms in total. The van der Waals surface area contributed by atoms with Crippen molar-refractivity contribution >= 4 is 45.1 Å². The third-order valence-corrected chi connectivity index (χ3v) is 4.59. The Balaban J connectivity index is 0.00000192. The van der Waals surface area contributed by atoms with Crippen LogP contribution in [0.4, 0.5) is 0 Å². The summed E-state index contributed by atoms with van der Waals surface area (Å²) in [5.41, 5.74) is 0.916. The molecule has 3 rings (SSSR count). The molecule has 0 radical (unpaired) electrons. The van der Waals surface area contributed by atoms with Crippen LogP contribution in [0.5, 0.6) is 0 Å². The van der Waals surface area contributed by atoms with Crippen LogP contribution in [0.2, 0.25) is 0 Å². The minimum Gasteiger partial charge on any atom is -0.338 e. The molecule has 0 aliphatic carbocycles. The number of nitrogens with zero attached hydrogens (tertiary/aromatic N) is 1. The minimum atomic E-state index is -0.246. The summed E-state index contributed by atoms with van der Waals surface area (Å²) in [6.45, 7) is 2.39. The van der Waals surface area contributed by atoms with Gasteiger partial charge in [0.25, 0.3) is 5.91 Å². The number of carbonyl (C=O) groups is 1. The monoisotopic (exact) mass is 399 g/mol. The van der Waals surface area contributed by atoms with Gasteiger partial charge in [0.1, 0.15) is 0 Å². The van der Waals surface area contributed by atoms with Crippen LogP contribution in [-0.2, 0) is 0 Å². The molecule has 0 saturated carbocycles. The van der Waals surface area contributed by atoms with Gasteiger partial charge < -0.3 is 15.2 Å². The van der Waals surface area contributed by atoms with E-state index in [0.717, 1.165) is 35.9 Å². The van der Waals surface area contributed by atoms with Crippen LogP contribution < -0.4 is 10.9 Å². The van der Waals surface area contributed by atoms with Crippen LogP contribution in [0.1, 0.15) is 16.8 Å². The Labute approximate surface area is 149 Å². The van der Waals surface area contributed by atoms with Crippen molar-refractivity contribution in [1.29, 1.82) is 0 Å². The number of aromatic amines is 1. The molecule has 2 N–H and O–H groups in total. The molecule has 1 unspecified atom stereocenters. The number of benzene rings is 1. The average molecular weight is 401 g/mol. The summed E-state index contributed by atoms with van der Waals surface area (Å²) in [7, 11) is 1.92. The van der Waals surface area contributed by atoms with E-state index >= 15 is 0 Å². The van der Waals surface area contributed by atoms with Gasteiger partial charge in [0.05, 0.1) is 5.56 Å². The van der Waals surface area contributed by atoms with E-state index < -0.39 is 0 Å². The highest BCUT2D eigenvalue weighted by Crippen LogP contribution is 2.24. The van der Waals surface area contributed by atoms with Crippen LogP contribution in [0.3, 0.4) is 0 Å². The van der Waals surface area contributed by atoms with Crippen molar-refractivity contribution in [3.8, 4) is 0 Å². The fourth-order valence-corrected chi connectivity index (χ4v) is 3.41. The molecule has 7 heteroatoms. The number of rotatable bonds is 3. The van der Waals surface area contributed by atoms with E-state index in [-0.39, 0.29) is 23.9 Å². The van der Waals surface area contributed by atoms with E-state index in [4.69, 9.17) is 0 Å². The highest BCUT2D eigenvalue weighted by Gasteiger charge is 2.27. The van der Waals surface area contributed by atoms with Gasteiger partial charge in [0.2, 0.25) is 5.56 Å². The number of H-pyrrole nitrogens is 1. The Bertz CT molecular complexity index is 777. The first-order chi connectivity index (χ1) is 10.6. The SMILES string of the molecule is CNCC1CCN(C(=O)c2cc(=O)[nH]c3ccc(Br)cc23)C1.Cl. The Kier molecular flexibility index (Phi) is 5.84. The van der Waals surface area contributed by atoms with Crippen molar-refractivity contribution in [2.24, 2.45) is 5.92 Å². The Morgan fingerprint density at radius 3 is 2.96 bits per heavy atom. The van der Waals surface area contributed by atoms with E-state index in [1.54, 1.807) is 0 Å². The van der Waals surface area contributed by atoms with Gasteiger partial charge in [-0.25, -0.2) is 0 Å². The molecule has 1 saturated heterocycles. The number of aromatic nitrogens is 1. The van der Waals surface area contributed by atoms with Crippen LogP contribution in [-0.4, -0.2) is 42.5 Å². The molecule has 23 heavy (non-hydrogen) atoms. The zero-order valence-corrected chi connectivity index (χ0v) is 15.2. The molecule has 1 aliphatic heterocycles. The summed E-state index contributed by atoms with van der Waals surface area (Å²) in [6.07, 6.45) is 0.997. The first kappa shape index (κ1) is 18.0. The third-order valence-electron chi connectivity index (χ3n) is 4.10. The number of halogens is 2. The number of carbonyl (C=O) groups excluding carboxylic acids is 1. The van der Waals surface area contributed by atoms with Crippen LogP contribution in [0, 0.1) is 5.92 Å². The first-order valence-corrected chi connectivity index (χ1v) is 8.14. The predicted molar refractivity (Wildman–Crippen MR) is 97.5 cm³/mol. The molecule has 1 amide bonds. The maximum atomic E-state index is 12.8. The molecule has 1 atom stereocenters. The molecule has 124 valence electrons. The second-order valence-electron chi connectivity index (χ2n) is 5.70. The lowest BCUT2D eigenvalue weighted by molar-refractivity contribution is 0.0789. The Morgan fingerprint density at radius 1 is 1.43 bits per heavy atom. The summed E-state index contributed by atoms with van der Waals surface area (Å²) in [5, 5.41) is 3.93. The second-order valence-corrected chi connectivity index (χ2v) is 6.62. The van der Waals surface area contributed by atoms with Gasteiger partial charge in [0.15, 0.2) is 0 Å². The van der Waals surface area contributed by atoms with Gasteiger partial charge in [-0.15, -0.1) is 12.4 Å². The fraction of sp³-hybridized carbons (Fsp3) is 0.375. The minimum absolute atomic E-state index is 0. The molecule has 1 fully saturated rings. The Morgan fingerprint density at radius 2 is 2.22 bits per heavy atom. The number of fused-ring (bicyclic) bond motifs is 1. The van der Waals surface area contributed by atoms with Gasteiger partial charge in [0, 0.05) is 34.5 Å². The summed E-state index contributed by atoms with van der Waals surface area (Å²) >= 11 is 3.42. The third kappa shape index (κ3) is 3.76. The molecule has 0 bridgehead atoms. The highest BCUT2D eigenvalue weighted by molar-refractivity contribution is 9.10. The molecule has 1 aliphatic rings. The number of likely N-dealkylation sites (tertiary alicyclic amines) is 1. The van der Waals surface area contributed by atoms with Crippen molar-refractivity contribution in [3.05, 3.63) is 44.7 Å². The predicted octanol–water partition coefficient (Wildman–Crippen LogP) is 2.39. The van der Waals surface area contributed by atoms with Crippen molar-refractivity contribution in [1.82, 2.24) is 15.2 Å². The zero-order valence-electron chi connectivity index (χ0n) is 12.8. The number of pyridine rings is 1. The maximum Gasteiger partial charge on any atom is 0.254 e. The van der Waals surface area contributed by atoms with Crippen LogP contribution >= 0.6 is 28.3 Å². The first-order valence-electron chi connectivity index (χ1n) is 7.35. The van der Waals surface area contributed by atoms with Gasteiger partial charge >= 0.3 is 0 Å². The van der Waals surface area contributed by atoms with Gasteiger partial charge in [-0.05, 0) is 44.1 Å². The maximum absolute atomic E-state index is 12.8. The van der Waals surface area contributed by atoms with Crippen molar-refractivity contribution in [2.75, 3.05) is 26.7 Å². The van der Waals surface area contributed by atoms with E-state index in [9.17, 15) is 9.59 Å². The van der Waals surface area contributed by atoms with E-state index in [2.05, 4.69) is 26.2 Å². The summed E-state index contributed by atoms with van der Waals surface area (Å²) in [6, 6.07) is 6.94. The average Bonchev–Trinajstić information content (AvgIpc) is 2.95. The van der Waals surface area contributed by atoms with Gasteiger partial charge in [-0.2, -0.15) is 0 Å². The second kappa shape index (κ2) is 7.47.